The predicted molar refractivity (Wildman–Crippen MR) is 65.1 cm³/mol. The summed E-state index contributed by atoms with van der Waals surface area (Å²) in [6, 6.07) is 2.59. The number of nitrogens with zero attached hydrogens (tertiary/aromatic N) is 2. The summed E-state index contributed by atoms with van der Waals surface area (Å²) in [5, 5.41) is 7.81. The minimum atomic E-state index is 0.502. The number of hydrogen-bond donors (Lipinski definition) is 1. The summed E-state index contributed by atoms with van der Waals surface area (Å²) in [5.41, 5.74) is 1.19. The van der Waals surface area contributed by atoms with E-state index in [2.05, 4.69) is 44.2 Å². The largest absolute Gasteiger partial charge is 0.366 e. The molecule has 1 N–H and O–H groups in total. The van der Waals surface area contributed by atoms with E-state index in [1.165, 1.54) is 18.5 Å². The molecule has 0 saturated carbocycles. The van der Waals surface area contributed by atoms with Crippen molar-refractivity contribution >= 4 is 5.82 Å². The van der Waals surface area contributed by atoms with Gasteiger partial charge < -0.3 is 5.32 Å². The van der Waals surface area contributed by atoms with Crippen molar-refractivity contribution in [2.24, 2.45) is 13.0 Å². The Morgan fingerprint density at radius 2 is 2.00 bits per heavy atom. The maximum absolute atomic E-state index is 4.38. The molecule has 0 spiro atoms. The van der Waals surface area contributed by atoms with E-state index in [9.17, 15) is 0 Å². The number of nitrogens with one attached hydrogen (secondary N) is 1. The number of hydrogen-bond acceptors (Lipinski definition) is 2. The molecule has 0 fully saturated rings. The number of aromatic nitrogens is 2. The van der Waals surface area contributed by atoms with Gasteiger partial charge in [0, 0.05) is 24.8 Å². The zero-order chi connectivity index (χ0) is 11.4. The van der Waals surface area contributed by atoms with Crippen LogP contribution in [-0.2, 0) is 7.05 Å². The molecule has 1 atom stereocenters. The smallest absolute Gasteiger partial charge is 0.148 e. The van der Waals surface area contributed by atoms with Crippen LogP contribution in [0.3, 0.4) is 0 Å². The second-order valence-corrected chi connectivity index (χ2v) is 4.81. The fourth-order valence-electron chi connectivity index (χ4n) is 1.54. The molecule has 0 aliphatic carbocycles. The van der Waals surface area contributed by atoms with Crippen LogP contribution in [0.15, 0.2) is 6.07 Å². The summed E-state index contributed by atoms with van der Waals surface area (Å²) in [5.74, 6) is 1.77. The molecule has 0 amide bonds. The van der Waals surface area contributed by atoms with Crippen molar-refractivity contribution in [2.45, 2.75) is 46.6 Å². The summed E-state index contributed by atoms with van der Waals surface area (Å²) < 4.78 is 1.90. The molecule has 1 rings (SSSR count). The van der Waals surface area contributed by atoms with E-state index in [1.54, 1.807) is 0 Å². The van der Waals surface area contributed by atoms with Crippen molar-refractivity contribution in [3.05, 3.63) is 11.8 Å². The fourth-order valence-corrected chi connectivity index (χ4v) is 1.54. The Hall–Kier alpha value is -0.990. The molecule has 0 radical (unpaired) electrons. The highest BCUT2D eigenvalue weighted by molar-refractivity contribution is 5.36. The van der Waals surface area contributed by atoms with Gasteiger partial charge in [-0.05, 0) is 32.6 Å². The average molecular weight is 209 g/mol. The van der Waals surface area contributed by atoms with Crippen molar-refractivity contribution in [1.29, 1.82) is 0 Å². The van der Waals surface area contributed by atoms with Crippen molar-refractivity contribution < 1.29 is 0 Å². The number of rotatable bonds is 5. The average Bonchev–Trinajstić information content (AvgIpc) is 2.42. The van der Waals surface area contributed by atoms with Crippen molar-refractivity contribution in [1.82, 2.24) is 9.78 Å². The minimum absolute atomic E-state index is 0.502. The van der Waals surface area contributed by atoms with E-state index in [1.807, 2.05) is 11.7 Å². The molecule has 0 aliphatic rings. The van der Waals surface area contributed by atoms with Gasteiger partial charge in [0.15, 0.2) is 0 Å². The van der Waals surface area contributed by atoms with Gasteiger partial charge in [-0.1, -0.05) is 13.8 Å². The molecule has 86 valence electrons. The second kappa shape index (κ2) is 5.19. The predicted octanol–water partition coefficient (Wildman–Crippen LogP) is 2.97. The first kappa shape index (κ1) is 12.1. The van der Waals surface area contributed by atoms with Crippen LogP contribution in [-0.4, -0.2) is 15.8 Å². The maximum atomic E-state index is 4.38. The molecule has 3 nitrogen and oxygen atoms in total. The van der Waals surface area contributed by atoms with E-state index < -0.39 is 0 Å². The number of aryl methyl sites for hydroxylation is 2. The normalized spacial score (nSPS) is 13.2. The van der Waals surface area contributed by atoms with Crippen LogP contribution in [0.25, 0.3) is 0 Å². The summed E-state index contributed by atoms with van der Waals surface area (Å²) in [4.78, 5) is 0. The summed E-state index contributed by atoms with van der Waals surface area (Å²) >= 11 is 0. The Balaban J connectivity index is 2.40. The van der Waals surface area contributed by atoms with Crippen LogP contribution in [0.1, 0.15) is 39.3 Å². The lowest BCUT2D eigenvalue weighted by atomic mass is 10.0. The monoisotopic (exact) mass is 209 g/mol. The zero-order valence-electron chi connectivity index (χ0n) is 10.5. The Morgan fingerprint density at radius 1 is 1.33 bits per heavy atom. The van der Waals surface area contributed by atoms with Crippen molar-refractivity contribution in [2.75, 3.05) is 5.32 Å². The molecule has 1 unspecified atom stereocenters. The van der Waals surface area contributed by atoms with Crippen molar-refractivity contribution in [3.63, 3.8) is 0 Å². The van der Waals surface area contributed by atoms with Crippen LogP contribution >= 0.6 is 0 Å². The Bertz CT molecular complexity index is 282. The molecule has 0 bridgehead atoms. The number of anilines is 1. The lowest BCUT2D eigenvalue weighted by molar-refractivity contribution is 0.526. The standard InChI is InChI=1S/C12H23N3/c1-9(2)6-7-10(3)13-12-8-11(4)15(5)14-12/h8-10H,6-7H2,1-5H3,(H,13,14). The van der Waals surface area contributed by atoms with Gasteiger partial charge in [0.25, 0.3) is 0 Å². The van der Waals surface area contributed by atoms with E-state index in [-0.39, 0.29) is 0 Å². The quantitative estimate of drug-likeness (QED) is 0.808. The lowest BCUT2D eigenvalue weighted by Gasteiger charge is -2.14. The molecule has 0 aliphatic heterocycles. The van der Waals surface area contributed by atoms with Gasteiger partial charge >= 0.3 is 0 Å². The fraction of sp³-hybridized carbons (Fsp3) is 0.750. The van der Waals surface area contributed by atoms with Crippen molar-refractivity contribution in [3.8, 4) is 0 Å². The molecule has 1 aromatic rings. The first-order chi connectivity index (χ1) is 6.99. The highest BCUT2D eigenvalue weighted by Gasteiger charge is 2.06. The van der Waals surface area contributed by atoms with Crippen LogP contribution < -0.4 is 5.32 Å². The van der Waals surface area contributed by atoms with Crippen LogP contribution in [0.4, 0.5) is 5.82 Å². The summed E-state index contributed by atoms with van der Waals surface area (Å²) in [6.45, 7) is 8.80. The first-order valence-electron chi connectivity index (χ1n) is 5.76. The van der Waals surface area contributed by atoms with Gasteiger partial charge in [-0.25, -0.2) is 0 Å². The van der Waals surface area contributed by atoms with E-state index >= 15 is 0 Å². The highest BCUT2D eigenvalue weighted by atomic mass is 15.3. The van der Waals surface area contributed by atoms with E-state index in [0.717, 1.165) is 11.7 Å². The highest BCUT2D eigenvalue weighted by Crippen LogP contribution is 2.12. The molecule has 1 aromatic heterocycles. The Labute approximate surface area is 92.9 Å². The maximum Gasteiger partial charge on any atom is 0.148 e. The van der Waals surface area contributed by atoms with Gasteiger partial charge in [0.1, 0.15) is 5.82 Å². The topological polar surface area (TPSA) is 29.9 Å². The molecular weight excluding hydrogens is 186 g/mol. The van der Waals surface area contributed by atoms with Gasteiger partial charge in [-0.2, -0.15) is 5.10 Å². The van der Waals surface area contributed by atoms with Gasteiger partial charge in [-0.15, -0.1) is 0 Å². The third-order valence-corrected chi connectivity index (χ3v) is 2.69. The third-order valence-electron chi connectivity index (χ3n) is 2.69. The molecule has 1 heterocycles. The molecular formula is C12H23N3. The molecule has 0 aromatic carbocycles. The summed E-state index contributed by atoms with van der Waals surface area (Å²) in [6.07, 6.45) is 2.47. The van der Waals surface area contributed by atoms with E-state index in [4.69, 9.17) is 0 Å². The Morgan fingerprint density at radius 3 is 2.47 bits per heavy atom. The second-order valence-electron chi connectivity index (χ2n) is 4.81. The third kappa shape index (κ3) is 3.94. The van der Waals surface area contributed by atoms with Crippen LogP contribution in [0, 0.1) is 12.8 Å². The first-order valence-corrected chi connectivity index (χ1v) is 5.76. The van der Waals surface area contributed by atoms with Gasteiger partial charge in [-0.3, -0.25) is 4.68 Å². The molecule has 3 heteroatoms. The zero-order valence-corrected chi connectivity index (χ0v) is 10.5. The SMILES string of the molecule is Cc1cc(NC(C)CCC(C)C)nn1C. The van der Waals surface area contributed by atoms with Gasteiger partial charge in [0.2, 0.25) is 0 Å². The summed E-state index contributed by atoms with van der Waals surface area (Å²) in [7, 11) is 1.97. The van der Waals surface area contributed by atoms with Gasteiger partial charge in [0.05, 0.1) is 0 Å². The molecule has 0 saturated heterocycles. The lowest BCUT2D eigenvalue weighted by Crippen LogP contribution is -2.16. The Kier molecular flexibility index (Phi) is 4.18. The van der Waals surface area contributed by atoms with Crippen LogP contribution in [0.2, 0.25) is 0 Å². The van der Waals surface area contributed by atoms with E-state index in [0.29, 0.717) is 6.04 Å². The molecule has 15 heavy (non-hydrogen) atoms. The minimum Gasteiger partial charge on any atom is -0.366 e. The van der Waals surface area contributed by atoms with Crippen LogP contribution in [0.5, 0.6) is 0 Å².